The minimum absolute atomic E-state index is 0.0576. The normalized spacial score (nSPS) is 18.0. The standard InChI is InChI=1S/C49H55FN7O7P/c1-8-55(47(58)35-16-11-9-12-17-35)45-43-46(53-31-52-45)56(32-54-43)48-42(50)44(64-65(62-29-15-28-51)57(33(2)3)34(4)5)41(63-48)30-61-49(36-18-13-10-14-19-36,37-20-24-39(59-6)25-21-37)38-22-26-40(60-7)27-23-38/h9-14,16-27,31-34,41-42,44,48H,8,15,29-30H2,1-7H3/t41-,42-,44-,48-,65?/m1/s1. The van der Waals surface area contributed by atoms with Crippen molar-refractivity contribution in [1.29, 1.82) is 5.26 Å². The molecular weight excluding hydrogens is 849 g/mol. The Morgan fingerprint density at radius 3 is 2.00 bits per heavy atom. The van der Waals surface area contributed by atoms with Gasteiger partial charge in [-0.2, -0.15) is 5.26 Å². The molecule has 65 heavy (non-hydrogen) atoms. The second-order valence-electron chi connectivity index (χ2n) is 15.9. The van der Waals surface area contributed by atoms with Crippen LogP contribution in [-0.2, 0) is 24.1 Å². The fourth-order valence-corrected chi connectivity index (χ4v) is 9.97. The van der Waals surface area contributed by atoms with E-state index in [1.54, 1.807) is 38.5 Å². The number of hydrogen-bond acceptors (Lipinski definition) is 12. The zero-order chi connectivity index (χ0) is 46.1. The maximum Gasteiger partial charge on any atom is 0.259 e. The Hall–Kier alpha value is -5.85. The third-order valence-corrected chi connectivity index (χ3v) is 13.4. The van der Waals surface area contributed by atoms with Gasteiger partial charge in [-0.15, -0.1) is 0 Å². The van der Waals surface area contributed by atoms with Gasteiger partial charge < -0.3 is 28.0 Å². The molecule has 0 bridgehead atoms. The molecule has 1 amide bonds. The summed E-state index contributed by atoms with van der Waals surface area (Å²) in [5.41, 5.74) is 2.14. The number of carbonyl (C=O) groups is 1. The number of halogens is 1. The van der Waals surface area contributed by atoms with Gasteiger partial charge in [0.25, 0.3) is 14.4 Å². The SMILES string of the molecule is CCN(C(=O)c1ccccc1)c1ncnc2c1ncn2[C@@H]1O[C@H](COC(c2ccccc2)(c2ccc(OC)cc2)c2ccc(OC)cc2)[C@@H](OP(OCCC#N)N(C(C)C)C(C)C)[C@H]1F. The number of alkyl halides is 1. The summed E-state index contributed by atoms with van der Waals surface area (Å²) in [6, 6.07) is 36.0. The fourth-order valence-electron chi connectivity index (χ4n) is 8.21. The molecule has 6 aromatic rings. The van der Waals surface area contributed by atoms with Crippen molar-refractivity contribution in [3.8, 4) is 17.6 Å². The molecule has 1 aliphatic heterocycles. The van der Waals surface area contributed by atoms with Crippen LogP contribution in [-0.4, -0.2) is 94.5 Å². The van der Waals surface area contributed by atoms with Gasteiger partial charge in [-0.25, -0.2) is 24.0 Å². The smallest absolute Gasteiger partial charge is 0.259 e. The molecule has 0 saturated carbocycles. The Kier molecular flexibility index (Phi) is 15.5. The Balaban J connectivity index is 1.33. The highest BCUT2D eigenvalue weighted by molar-refractivity contribution is 7.44. The van der Waals surface area contributed by atoms with Crippen LogP contribution in [0.4, 0.5) is 10.2 Å². The van der Waals surface area contributed by atoms with Crippen LogP contribution >= 0.6 is 8.53 Å². The van der Waals surface area contributed by atoms with Gasteiger partial charge in [-0.3, -0.25) is 14.3 Å². The van der Waals surface area contributed by atoms with Crippen molar-refractivity contribution >= 4 is 31.4 Å². The summed E-state index contributed by atoms with van der Waals surface area (Å²) in [6.45, 7) is 10.1. The molecule has 4 aromatic carbocycles. The number of methoxy groups -OCH3 is 2. The molecule has 14 nitrogen and oxygen atoms in total. The van der Waals surface area contributed by atoms with E-state index >= 15 is 4.39 Å². The molecule has 7 rings (SSSR count). The van der Waals surface area contributed by atoms with E-state index < -0.39 is 38.7 Å². The first-order chi connectivity index (χ1) is 31.6. The molecule has 0 aliphatic carbocycles. The summed E-state index contributed by atoms with van der Waals surface area (Å²) < 4.78 is 59.7. The topological polar surface area (TPSA) is 146 Å². The second-order valence-corrected chi connectivity index (χ2v) is 17.3. The number of fused-ring (bicyclic) bond motifs is 1. The zero-order valence-corrected chi connectivity index (χ0v) is 38.5. The van der Waals surface area contributed by atoms with Crippen LogP contribution in [0.3, 0.4) is 0 Å². The number of anilines is 1. The van der Waals surface area contributed by atoms with Crippen molar-refractivity contribution < 1.29 is 37.2 Å². The molecule has 16 heteroatoms. The van der Waals surface area contributed by atoms with Crippen LogP contribution in [0.15, 0.2) is 122 Å². The largest absolute Gasteiger partial charge is 0.497 e. The lowest BCUT2D eigenvalue weighted by Crippen LogP contribution is -2.41. The Labute approximate surface area is 380 Å². The van der Waals surface area contributed by atoms with Crippen LogP contribution in [0.1, 0.15) is 74.3 Å². The molecule has 2 aromatic heterocycles. The van der Waals surface area contributed by atoms with E-state index in [0.717, 1.165) is 16.7 Å². The average Bonchev–Trinajstić information content (AvgIpc) is 3.90. The first-order valence-corrected chi connectivity index (χ1v) is 22.8. The molecule has 0 N–H and O–H groups in total. The summed E-state index contributed by atoms with van der Waals surface area (Å²) in [4.78, 5) is 29.0. The lowest BCUT2D eigenvalue weighted by Gasteiger charge is -2.39. The number of benzene rings is 4. The lowest BCUT2D eigenvalue weighted by molar-refractivity contribution is -0.0919. The van der Waals surface area contributed by atoms with E-state index in [-0.39, 0.29) is 55.6 Å². The number of aromatic nitrogens is 4. The van der Waals surface area contributed by atoms with Crippen LogP contribution < -0.4 is 14.4 Å². The molecule has 0 radical (unpaired) electrons. The number of rotatable bonds is 20. The average molecular weight is 904 g/mol. The van der Waals surface area contributed by atoms with E-state index in [9.17, 15) is 10.1 Å². The van der Waals surface area contributed by atoms with Gasteiger partial charge in [0.15, 0.2) is 29.4 Å². The lowest BCUT2D eigenvalue weighted by atomic mass is 9.80. The highest BCUT2D eigenvalue weighted by Gasteiger charge is 2.51. The van der Waals surface area contributed by atoms with E-state index in [1.165, 1.54) is 22.1 Å². The predicted octanol–water partition coefficient (Wildman–Crippen LogP) is 9.42. The van der Waals surface area contributed by atoms with Crippen LogP contribution in [0, 0.1) is 11.3 Å². The highest BCUT2D eigenvalue weighted by Crippen LogP contribution is 2.51. The van der Waals surface area contributed by atoms with Gasteiger partial charge in [0.05, 0.1) is 46.3 Å². The number of carbonyl (C=O) groups excluding carboxylic acids is 1. The third kappa shape index (κ3) is 9.89. The van der Waals surface area contributed by atoms with Crippen molar-refractivity contribution in [3.05, 3.63) is 144 Å². The highest BCUT2D eigenvalue weighted by atomic mass is 31.2. The van der Waals surface area contributed by atoms with Crippen LogP contribution in [0.2, 0.25) is 0 Å². The molecule has 1 saturated heterocycles. The van der Waals surface area contributed by atoms with Crippen molar-refractivity contribution in [1.82, 2.24) is 24.2 Å². The molecule has 1 aliphatic rings. The summed E-state index contributed by atoms with van der Waals surface area (Å²) in [5, 5.41) is 9.45. The maximum absolute atomic E-state index is 17.8. The molecule has 5 atom stereocenters. The summed E-state index contributed by atoms with van der Waals surface area (Å²) in [7, 11) is 1.29. The monoisotopic (exact) mass is 903 g/mol. The van der Waals surface area contributed by atoms with Crippen LogP contribution in [0.5, 0.6) is 11.5 Å². The summed E-state index contributed by atoms with van der Waals surface area (Å²) in [5.74, 6) is 1.33. The van der Waals surface area contributed by atoms with Crippen molar-refractivity contribution in [3.63, 3.8) is 0 Å². The van der Waals surface area contributed by atoms with Gasteiger partial charge in [-0.1, -0.05) is 72.8 Å². The molecule has 1 fully saturated rings. The third-order valence-electron chi connectivity index (χ3n) is 11.2. The molecule has 1 unspecified atom stereocenters. The summed E-state index contributed by atoms with van der Waals surface area (Å²) >= 11 is 0. The van der Waals surface area contributed by atoms with Crippen LogP contribution in [0.25, 0.3) is 11.2 Å². The van der Waals surface area contributed by atoms with Gasteiger partial charge in [0.1, 0.15) is 35.6 Å². The quantitative estimate of drug-likeness (QED) is 0.0409. The number of nitriles is 1. The van der Waals surface area contributed by atoms with Gasteiger partial charge in [-0.05, 0) is 87.7 Å². The van der Waals surface area contributed by atoms with Gasteiger partial charge >= 0.3 is 0 Å². The second kappa shape index (κ2) is 21.4. The number of ether oxygens (including phenoxy) is 4. The number of nitrogens with zero attached hydrogens (tertiary/aromatic N) is 7. The Morgan fingerprint density at radius 2 is 1.45 bits per heavy atom. The zero-order valence-electron chi connectivity index (χ0n) is 37.7. The van der Waals surface area contributed by atoms with E-state index in [2.05, 4.69) is 21.0 Å². The predicted molar refractivity (Wildman–Crippen MR) is 246 cm³/mol. The minimum Gasteiger partial charge on any atom is -0.497 e. The Morgan fingerprint density at radius 1 is 0.862 bits per heavy atom. The Bertz CT molecular complexity index is 2450. The van der Waals surface area contributed by atoms with E-state index in [1.807, 2.05) is 124 Å². The first kappa shape index (κ1) is 47.1. The van der Waals surface area contributed by atoms with E-state index in [4.69, 9.17) is 28.0 Å². The van der Waals surface area contributed by atoms with Gasteiger partial charge in [0.2, 0.25) is 0 Å². The molecule has 340 valence electrons. The molecule has 0 spiro atoms. The van der Waals surface area contributed by atoms with Crippen molar-refractivity contribution in [2.75, 3.05) is 38.9 Å². The van der Waals surface area contributed by atoms with Crippen molar-refractivity contribution in [2.45, 2.75) is 83.3 Å². The first-order valence-electron chi connectivity index (χ1n) is 21.6. The fraction of sp³-hybridized carbons (Fsp3) is 0.367. The van der Waals surface area contributed by atoms with E-state index in [0.29, 0.717) is 22.6 Å². The minimum atomic E-state index is -1.93. The number of hydrogen-bond donors (Lipinski definition) is 0. The van der Waals surface area contributed by atoms with Crippen molar-refractivity contribution in [2.24, 2.45) is 0 Å². The maximum atomic E-state index is 17.8. The number of amides is 1. The molecular formula is C49H55FN7O7P. The summed E-state index contributed by atoms with van der Waals surface area (Å²) in [6.07, 6.45) is -2.51. The van der Waals surface area contributed by atoms with Gasteiger partial charge in [0, 0.05) is 24.2 Å². The number of imidazole rings is 1. The molecule has 3 heterocycles.